The van der Waals surface area contributed by atoms with Gasteiger partial charge in [-0.25, -0.2) is 0 Å². The van der Waals surface area contributed by atoms with Gasteiger partial charge in [0.15, 0.2) is 5.96 Å². The number of nitrogens with zero attached hydrogens (tertiary/aromatic N) is 3. The molecule has 1 saturated heterocycles. The summed E-state index contributed by atoms with van der Waals surface area (Å²) in [6.07, 6.45) is 4.11. The zero-order valence-corrected chi connectivity index (χ0v) is 17.8. The predicted octanol–water partition coefficient (Wildman–Crippen LogP) is 2.43. The molecule has 2 aromatic rings. The van der Waals surface area contributed by atoms with Crippen LogP contribution in [0.25, 0.3) is 0 Å². The monoisotopic (exact) mass is 395 g/mol. The number of guanidine groups is 1. The Morgan fingerprint density at radius 2 is 1.79 bits per heavy atom. The quantitative estimate of drug-likeness (QED) is 0.583. The first kappa shape index (κ1) is 21.1. The standard InChI is InChI=1S/C23H33N5O/c1-18(2)27-14-11-21(12-15-27)26-23(24-3)25-16-19-7-9-20(10-8-19)17-28-13-5-4-6-22(28)29/h4-10,13,18,21H,11-12,14-17H2,1-3H3,(H2,24,25,26). The van der Waals surface area contributed by atoms with Gasteiger partial charge in [-0.3, -0.25) is 9.79 Å². The van der Waals surface area contributed by atoms with E-state index in [1.54, 1.807) is 16.7 Å². The normalized spacial score (nSPS) is 16.2. The largest absolute Gasteiger partial charge is 0.354 e. The predicted molar refractivity (Wildman–Crippen MR) is 119 cm³/mol. The van der Waals surface area contributed by atoms with Gasteiger partial charge in [0.2, 0.25) is 0 Å². The topological polar surface area (TPSA) is 61.7 Å². The van der Waals surface area contributed by atoms with Crippen molar-refractivity contribution < 1.29 is 0 Å². The third-order valence-electron chi connectivity index (χ3n) is 5.56. The molecule has 156 valence electrons. The molecule has 1 aliphatic heterocycles. The molecule has 1 fully saturated rings. The van der Waals surface area contributed by atoms with Gasteiger partial charge in [-0.2, -0.15) is 0 Å². The Hall–Kier alpha value is -2.60. The van der Waals surface area contributed by atoms with E-state index in [1.165, 1.54) is 5.56 Å². The maximum atomic E-state index is 11.8. The van der Waals surface area contributed by atoms with E-state index in [1.807, 2.05) is 19.3 Å². The Morgan fingerprint density at radius 3 is 2.41 bits per heavy atom. The zero-order valence-electron chi connectivity index (χ0n) is 17.8. The molecule has 1 aliphatic rings. The van der Waals surface area contributed by atoms with Crippen molar-refractivity contribution in [2.24, 2.45) is 4.99 Å². The van der Waals surface area contributed by atoms with Crippen molar-refractivity contribution >= 4 is 5.96 Å². The Bertz CT molecular complexity index is 848. The lowest BCUT2D eigenvalue weighted by Crippen LogP contribution is -2.49. The molecule has 29 heavy (non-hydrogen) atoms. The maximum Gasteiger partial charge on any atom is 0.250 e. The number of rotatable bonds is 6. The van der Waals surface area contributed by atoms with Crippen LogP contribution in [0, 0.1) is 0 Å². The van der Waals surface area contributed by atoms with Crippen LogP contribution in [-0.2, 0) is 13.1 Å². The molecular weight excluding hydrogens is 362 g/mol. The van der Waals surface area contributed by atoms with Crippen molar-refractivity contribution in [1.82, 2.24) is 20.1 Å². The highest BCUT2D eigenvalue weighted by molar-refractivity contribution is 5.79. The van der Waals surface area contributed by atoms with Crippen molar-refractivity contribution in [3.05, 3.63) is 70.1 Å². The molecule has 0 bridgehead atoms. The van der Waals surface area contributed by atoms with E-state index in [4.69, 9.17) is 0 Å². The fourth-order valence-corrected chi connectivity index (χ4v) is 3.68. The molecule has 0 amide bonds. The number of aliphatic imine (C=N–C) groups is 1. The zero-order chi connectivity index (χ0) is 20.6. The molecule has 1 aromatic heterocycles. The summed E-state index contributed by atoms with van der Waals surface area (Å²) in [4.78, 5) is 18.8. The Balaban J connectivity index is 1.47. The molecule has 0 atom stereocenters. The third-order valence-corrected chi connectivity index (χ3v) is 5.56. The van der Waals surface area contributed by atoms with Crippen LogP contribution in [0.4, 0.5) is 0 Å². The van der Waals surface area contributed by atoms with Crippen LogP contribution >= 0.6 is 0 Å². The molecule has 0 radical (unpaired) electrons. The molecule has 2 N–H and O–H groups in total. The number of pyridine rings is 1. The number of benzene rings is 1. The van der Waals surface area contributed by atoms with E-state index >= 15 is 0 Å². The van der Waals surface area contributed by atoms with Crippen molar-refractivity contribution in [3.8, 4) is 0 Å². The summed E-state index contributed by atoms with van der Waals surface area (Å²) in [5.41, 5.74) is 2.32. The summed E-state index contributed by atoms with van der Waals surface area (Å²) in [5, 5.41) is 6.98. The van der Waals surface area contributed by atoms with Crippen LogP contribution < -0.4 is 16.2 Å². The minimum Gasteiger partial charge on any atom is -0.354 e. The van der Waals surface area contributed by atoms with Crippen LogP contribution in [0.1, 0.15) is 37.8 Å². The summed E-state index contributed by atoms with van der Waals surface area (Å²) >= 11 is 0. The summed E-state index contributed by atoms with van der Waals surface area (Å²) < 4.78 is 1.71. The SMILES string of the molecule is CN=C(NCc1ccc(Cn2ccccc2=O)cc1)NC1CCN(C(C)C)CC1. The molecule has 3 rings (SSSR count). The average molecular weight is 396 g/mol. The van der Waals surface area contributed by atoms with E-state index in [-0.39, 0.29) is 5.56 Å². The Labute approximate surface area is 173 Å². The summed E-state index contributed by atoms with van der Waals surface area (Å²) in [7, 11) is 1.82. The van der Waals surface area contributed by atoms with E-state index in [9.17, 15) is 4.79 Å². The first-order valence-electron chi connectivity index (χ1n) is 10.5. The van der Waals surface area contributed by atoms with E-state index in [0.717, 1.165) is 44.0 Å². The Kier molecular flexibility index (Phi) is 7.47. The molecular formula is C23H33N5O. The second kappa shape index (κ2) is 10.3. The fraction of sp³-hybridized carbons (Fsp3) is 0.478. The minimum absolute atomic E-state index is 0.0207. The lowest BCUT2D eigenvalue weighted by atomic mass is 10.0. The van der Waals surface area contributed by atoms with Crippen LogP contribution in [0.15, 0.2) is 58.4 Å². The van der Waals surface area contributed by atoms with Gasteiger partial charge in [-0.05, 0) is 43.9 Å². The Morgan fingerprint density at radius 1 is 1.10 bits per heavy atom. The molecule has 2 heterocycles. The van der Waals surface area contributed by atoms with Crippen LogP contribution in [0.3, 0.4) is 0 Å². The van der Waals surface area contributed by atoms with E-state index < -0.39 is 0 Å². The van der Waals surface area contributed by atoms with E-state index in [2.05, 4.69) is 58.6 Å². The first-order valence-corrected chi connectivity index (χ1v) is 10.5. The van der Waals surface area contributed by atoms with Crippen LogP contribution in [-0.4, -0.2) is 47.6 Å². The number of hydrogen-bond donors (Lipinski definition) is 2. The number of aromatic nitrogens is 1. The summed E-state index contributed by atoms with van der Waals surface area (Å²) in [5.74, 6) is 0.855. The second-order valence-corrected chi connectivity index (χ2v) is 7.96. The summed E-state index contributed by atoms with van der Waals surface area (Å²) in [6.45, 7) is 8.10. The molecule has 0 spiro atoms. The van der Waals surface area contributed by atoms with Crippen molar-refractivity contribution in [3.63, 3.8) is 0 Å². The first-order chi connectivity index (χ1) is 14.0. The lowest BCUT2D eigenvalue weighted by molar-refractivity contribution is 0.167. The van der Waals surface area contributed by atoms with E-state index in [0.29, 0.717) is 18.6 Å². The third kappa shape index (κ3) is 6.19. The maximum absolute atomic E-state index is 11.8. The highest BCUT2D eigenvalue weighted by Crippen LogP contribution is 2.13. The van der Waals surface area contributed by atoms with Crippen molar-refractivity contribution in [1.29, 1.82) is 0 Å². The number of likely N-dealkylation sites (tertiary alicyclic amines) is 1. The van der Waals surface area contributed by atoms with Gasteiger partial charge >= 0.3 is 0 Å². The average Bonchev–Trinajstić information content (AvgIpc) is 2.74. The van der Waals surface area contributed by atoms with Crippen LogP contribution in [0.5, 0.6) is 0 Å². The molecule has 0 aliphatic carbocycles. The molecule has 6 heteroatoms. The summed E-state index contributed by atoms with van der Waals surface area (Å²) in [6, 6.07) is 14.7. The second-order valence-electron chi connectivity index (χ2n) is 7.96. The fourth-order valence-electron chi connectivity index (χ4n) is 3.68. The van der Waals surface area contributed by atoms with Gasteiger partial charge in [0, 0.05) is 51.0 Å². The molecule has 1 aromatic carbocycles. The highest BCUT2D eigenvalue weighted by Gasteiger charge is 2.21. The molecule has 0 unspecified atom stereocenters. The van der Waals surface area contributed by atoms with Gasteiger partial charge in [-0.15, -0.1) is 0 Å². The number of piperidine rings is 1. The lowest BCUT2D eigenvalue weighted by Gasteiger charge is -2.35. The molecule has 6 nitrogen and oxygen atoms in total. The van der Waals surface area contributed by atoms with Gasteiger partial charge in [-0.1, -0.05) is 30.3 Å². The van der Waals surface area contributed by atoms with Gasteiger partial charge in [0.05, 0.1) is 6.54 Å². The highest BCUT2D eigenvalue weighted by atomic mass is 16.1. The molecule has 0 saturated carbocycles. The van der Waals surface area contributed by atoms with Crippen molar-refractivity contribution in [2.45, 2.75) is 51.9 Å². The number of nitrogens with one attached hydrogen (secondary N) is 2. The van der Waals surface area contributed by atoms with Crippen molar-refractivity contribution in [2.75, 3.05) is 20.1 Å². The van der Waals surface area contributed by atoms with Crippen LogP contribution in [0.2, 0.25) is 0 Å². The smallest absolute Gasteiger partial charge is 0.250 e. The van der Waals surface area contributed by atoms with Gasteiger partial charge in [0.25, 0.3) is 5.56 Å². The van der Waals surface area contributed by atoms with Gasteiger partial charge in [0.1, 0.15) is 0 Å². The van der Waals surface area contributed by atoms with Gasteiger partial charge < -0.3 is 20.1 Å². The number of hydrogen-bond acceptors (Lipinski definition) is 3. The minimum atomic E-state index is 0.0207.